The van der Waals surface area contributed by atoms with Gasteiger partial charge >= 0.3 is 5.97 Å². The van der Waals surface area contributed by atoms with Gasteiger partial charge in [-0.1, -0.05) is 37.6 Å². The van der Waals surface area contributed by atoms with Crippen LogP contribution in [0.3, 0.4) is 0 Å². The number of carbonyl (C=O) groups excluding carboxylic acids is 1. The predicted octanol–water partition coefficient (Wildman–Crippen LogP) is 4.08. The SMILES string of the molecule is CCCc1c2ccccc2cc2c(=O)cc(C(=O)OCC)oc12. The van der Waals surface area contributed by atoms with Crippen LogP contribution in [0, 0.1) is 0 Å². The van der Waals surface area contributed by atoms with Crippen LogP contribution >= 0.6 is 0 Å². The minimum atomic E-state index is -0.609. The number of hydrogen-bond acceptors (Lipinski definition) is 4. The molecule has 0 bridgehead atoms. The van der Waals surface area contributed by atoms with Crippen molar-refractivity contribution in [1.82, 2.24) is 0 Å². The molecule has 118 valence electrons. The van der Waals surface area contributed by atoms with Crippen LogP contribution in [0.1, 0.15) is 36.4 Å². The van der Waals surface area contributed by atoms with Crippen LogP contribution < -0.4 is 5.43 Å². The zero-order valence-electron chi connectivity index (χ0n) is 13.2. The molecule has 0 aliphatic rings. The lowest BCUT2D eigenvalue weighted by Crippen LogP contribution is -2.10. The number of aryl methyl sites for hydroxylation is 1. The van der Waals surface area contributed by atoms with E-state index in [4.69, 9.17) is 9.15 Å². The third-order valence-electron chi connectivity index (χ3n) is 3.82. The third kappa shape index (κ3) is 2.72. The van der Waals surface area contributed by atoms with E-state index in [-0.39, 0.29) is 17.8 Å². The first kappa shape index (κ1) is 15.3. The Morgan fingerprint density at radius 3 is 2.65 bits per heavy atom. The van der Waals surface area contributed by atoms with Gasteiger partial charge in [0.25, 0.3) is 0 Å². The summed E-state index contributed by atoms with van der Waals surface area (Å²) < 4.78 is 10.7. The summed E-state index contributed by atoms with van der Waals surface area (Å²) in [5.41, 5.74) is 1.22. The summed E-state index contributed by atoms with van der Waals surface area (Å²) in [6.45, 7) is 4.02. The molecule has 0 spiro atoms. The highest BCUT2D eigenvalue weighted by Gasteiger charge is 2.17. The average molecular weight is 310 g/mol. The van der Waals surface area contributed by atoms with Gasteiger partial charge in [-0.3, -0.25) is 4.79 Å². The van der Waals surface area contributed by atoms with E-state index in [9.17, 15) is 9.59 Å². The van der Waals surface area contributed by atoms with Crippen molar-refractivity contribution in [3.8, 4) is 0 Å². The Labute approximate surface area is 133 Å². The molecule has 4 heteroatoms. The molecule has 0 fully saturated rings. The molecule has 3 aromatic rings. The summed E-state index contributed by atoms with van der Waals surface area (Å²) in [5, 5.41) is 2.55. The molecule has 0 saturated heterocycles. The molecule has 0 N–H and O–H groups in total. The van der Waals surface area contributed by atoms with E-state index >= 15 is 0 Å². The Hall–Kier alpha value is -2.62. The Morgan fingerprint density at radius 2 is 1.91 bits per heavy atom. The number of hydrogen-bond donors (Lipinski definition) is 0. The maximum Gasteiger partial charge on any atom is 0.374 e. The molecule has 0 aliphatic heterocycles. The van der Waals surface area contributed by atoms with Crippen LogP contribution in [0.15, 0.2) is 45.6 Å². The molecule has 4 nitrogen and oxygen atoms in total. The van der Waals surface area contributed by atoms with Crippen molar-refractivity contribution >= 4 is 27.7 Å². The molecule has 0 saturated carbocycles. The highest BCUT2D eigenvalue weighted by atomic mass is 16.5. The Balaban J connectivity index is 2.37. The average Bonchev–Trinajstić information content (AvgIpc) is 2.55. The number of carbonyl (C=O) groups is 1. The fourth-order valence-electron chi connectivity index (χ4n) is 2.84. The van der Waals surface area contributed by atoms with Crippen LogP contribution in [0.2, 0.25) is 0 Å². The first-order valence-electron chi connectivity index (χ1n) is 7.81. The normalized spacial score (nSPS) is 11.0. The summed E-state index contributed by atoms with van der Waals surface area (Å²) in [5.74, 6) is -0.654. The van der Waals surface area contributed by atoms with E-state index in [0.29, 0.717) is 11.0 Å². The van der Waals surface area contributed by atoms with Crippen molar-refractivity contribution in [3.05, 3.63) is 57.9 Å². The minimum absolute atomic E-state index is 0.0445. The van der Waals surface area contributed by atoms with Crippen LogP contribution in [0.4, 0.5) is 0 Å². The fourth-order valence-corrected chi connectivity index (χ4v) is 2.84. The minimum Gasteiger partial charge on any atom is -0.460 e. The lowest BCUT2D eigenvalue weighted by molar-refractivity contribution is 0.0490. The zero-order valence-corrected chi connectivity index (χ0v) is 13.2. The smallest absolute Gasteiger partial charge is 0.374 e. The molecule has 0 radical (unpaired) electrons. The second-order valence-corrected chi connectivity index (χ2v) is 5.40. The highest BCUT2D eigenvalue weighted by molar-refractivity contribution is 6.00. The topological polar surface area (TPSA) is 56.5 Å². The van der Waals surface area contributed by atoms with Gasteiger partial charge in [-0.05, 0) is 30.2 Å². The summed E-state index contributed by atoms with van der Waals surface area (Å²) in [6.07, 6.45) is 1.68. The monoisotopic (exact) mass is 310 g/mol. The zero-order chi connectivity index (χ0) is 16.4. The molecule has 0 atom stereocenters. The number of rotatable bonds is 4. The standard InChI is InChI=1S/C19H18O4/c1-3-7-14-13-9-6-5-8-12(13)10-15-16(20)11-17(23-18(14)15)19(21)22-4-2/h5-6,8-11H,3-4,7H2,1-2H3. The van der Waals surface area contributed by atoms with E-state index in [1.54, 1.807) is 6.92 Å². The van der Waals surface area contributed by atoms with Gasteiger partial charge in [0.15, 0.2) is 5.43 Å². The molecule has 0 unspecified atom stereocenters. The lowest BCUT2D eigenvalue weighted by atomic mass is 9.97. The Bertz CT molecular complexity index is 937. The van der Waals surface area contributed by atoms with Crippen molar-refractivity contribution in [2.24, 2.45) is 0 Å². The number of fused-ring (bicyclic) bond motifs is 2. The van der Waals surface area contributed by atoms with Crippen molar-refractivity contribution in [2.45, 2.75) is 26.7 Å². The van der Waals surface area contributed by atoms with Gasteiger partial charge < -0.3 is 9.15 Å². The summed E-state index contributed by atoms with van der Waals surface area (Å²) in [6, 6.07) is 10.9. The first-order chi connectivity index (χ1) is 11.2. The summed E-state index contributed by atoms with van der Waals surface area (Å²) >= 11 is 0. The van der Waals surface area contributed by atoms with Crippen LogP contribution in [-0.2, 0) is 11.2 Å². The fraction of sp³-hybridized carbons (Fsp3) is 0.263. The van der Waals surface area contributed by atoms with Gasteiger partial charge in [0.1, 0.15) is 5.58 Å². The molecule has 2 aromatic carbocycles. The van der Waals surface area contributed by atoms with E-state index < -0.39 is 5.97 Å². The maximum atomic E-state index is 12.4. The maximum absolute atomic E-state index is 12.4. The summed E-state index contributed by atoms with van der Waals surface area (Å²) in [4.78, 5) is 24.4. The molecule has 1 heterocycles. The van der Waals surface area contributed by atoms with Gasteiger partial charge in [-0.2, -0.15) is 0 Å². The Kier molecular flexibility index (Phi) is 4.15. The second kappa shape index (κ2) is 6.24. The summed E-state index contributed by atoms with van der Waals surface area (Å²) in [7, 11) is 0. The largest absolute Gasteiger partial charge is 0.460 e. The molecule has 1 aromatic heterocycles. The van der Waals surface area contributed by atoms with Gasteiger partial charge in [0.2, 0.25) is 5.76 Å². The molecule has 0 aliphatic carbocycles. The Morgan fingerprint density at radius 1 is 1.13 bits per heavy atom. The highest BCUT2D eigenvalue weighted by Crippen LogP contribution is 2.28. The second-order valence-electron chi connectivity index (χ2n) is 5.40. The number of benzene rings is 2. The van der Waals surface area contributed by atoms with Crippen molar-refractivity contribution < 1.29 is 13.9 Å². The van der Waals surface area contributed by atoms with Gasteiger partial charge in [0.05, 0.1) is 12.0 Å². The lowest BCUT2D eigenvalue weighted by Gasteiger charge is -2.10. The van der Waals surface area contributed by atoms with Crippen LogP contribution in [0.5, 0.6) is 0 Å². The van der Waals surface area contributed by atoms with Crippen molar-refractivity contribution in [1.29, 1.82) is 0 Å². The number of esters is 1. The quantitative estimate of drug-likeness (QED) is 0.538. The van der Waals surface area contributed by atoms with Crippen molar-refractivity contribution in [3.63, 3.8) is 0 Å². The molecule has 3 rings (SSSR count). The first-order valence-corrected chi connectivity index (χ1v) is 7.81. The van der Waals surface area contributed by atoms with Crippen LogP contribution in [0.25, 0.3) is 21.7 Å². The predicted molar refractivity (Wildman–Crippen MR) is 89.9 cm³/mol. The van der Waals surface area contributed by atoms with E-state index in [0.717, 1.165) is 29.2 Å². The van der Waals surface area contributed by atoms with Gasteiger partial charge in [-0.25, -0.2) is 4.79 Å². The van der Waals surface area contributed by atoms with E-state index in [2.05, 4.69) is 6.92 Å². The van der Waals surface area contributed by atoms with E-state index in [1.165, 1.54) is 6.07 Å². The van der Waals surface area contributed by atoms with Gasteiger partial charge in [-0.15, -0.1) is 0 Å². The van der Waals surface area contributed by atoms with Crippen molar-refractivity contribution in [2.75, 3.05) is 6.61 Å². The molecular formula is C19H18O4. The molecule has 23 heavy (non-hydrogen) atoms. The molecule has 0 amide bonds. The molecular weight excluding hydrogens is 292 g/mol. The number of ether oxygens (including phenoxy) is 1. The van der Waals surface area contributed by atoms with Crippen LogP contribution in [-0.4, -0.2) is 12.6 Å². The third-order valence-corrected chi connectivity index (χ3v) is 3.82. The van der Waals surface area contributed by atoms with Gasteiger partial charge in [0, 0.05) is 11.6 Å². The van der Waals surface area contributed by atoms with E-state index in [1.807, 2.05) is 30.3 Å².